The summed E-state index contributed by atoms with van der Waals surface area (Å²) in [4.78, 5) is 35.5. The molecule has 1 fully saturated rings. The molecule has 208 valence electrons. The fourth-order valence-electron chi connectivity index (χ4n) is 5.18. The van der Waals surface area contributed by atoms with Crippen molar-refractivity contribution < 1.29 is 9.90 Å². The molecule has 10 nitrogen and oxygen atoms in total. The van der Waals surface area contributed by atoms with Gasteiger partial charge in [0.05, 0.1) is 12.2 Å². The lowest BCUT2D eigenvalue weighted by molar-refractivity contribution is -0.118. The number of carbonyl (C=O) groups is 1. The summed E-state index contributed by atoms with van der Waals surface area (Å²) >= 11 is 3.50. The first-order chi connectivity index (χ1) is 19.9. The zero-order valence-electron chi connectivity index (χ0n) is 22.4. The SMILES string of the molecule is CN1CCN(Cn2c(O)c(N=NC(=O)Cn3c(=O)c(-c4ccccc4)cc4cccnc43)c3cc(Br)ccc32)CC1. The van der Waals surface area contributed by atoms with Crippen molar-refractivity contribution in [3.63, 3.8) is 0 Å². The van der Waals surface area contributed by atoms with Gasteiger partial charge in [-0.1, -0.05) is 46.3 Å². The Balaban J connectivity index is 1.34. The van der Waals surface area contributed by atoms with Gasteiger partial charge in [-0.25, -0.2) is 4.98 Å². The lowest BCUT2D eigenvalue weighted by Crippen LogP contribution is -2.44. The molecule has 1 amide bonds. The number of carbonyl (C=O) groups excluding carboxylic acids is 1. The highest BCUT2D eigenvalue weighted by atomic mass is 79.9. The van der Waals surface area contributed by atoms with Gasteiger partial charge >= 0.3 is 0 Å². The average molecular weight is 615 g/mol. The molecule has 0 saturated carbocycles. The molecule has 4 heterocycles. The van der Waals surface area contributed by atoms with Crippen molar-refractivity contribution in [1.82, 2.24) is 23.9 Å². The van der Waals surface area contributed by atoms with Crippen LogP contribution in [0.25, 0.3) is 33.1 Å². The Morgan fingerprint density at radius 2 is 1.78 bits per heavy atom. The molecule has 0 bridgehead atoms. The van der Waals surface area contributed by atoms with E-state index in [9.17, 15) is 14.7 Å². The molecule has 1 aliphatic rings. The van der Waals surface area contributed by atoms with Crippen LogP contribution in [-0.4, -0.2) is 68.2 Å². The van der Waals surface area contributed by atoms with Gasteiger partial charge < -0.3 is 10.0 Å². The molecule has 2 aromatic carbocycles. The number of aromatic nitrogens is 3. The second-order valence-electron chi connectivity index (χ2n) is 10.1. The highest BCUT2D eigenvalue weighted by Crippen LogP contribution is 2.40. The van der Waals surface area contributed by atoms with Gasteiger partial charge in [0.25, 0.3) is 11.5 Å². The monoisotopic (exact) mass is 613 g/mol. The first-order valence-electron chi connectivity index (χ1n) is 13.3. The number of pyridine rings is 2. The van der Waals surface area contributed by atoms with Crippen LogP contribution < -0.4 is 5.56 Å². The Morgan fingerprint density at radius 1 is 1.00 bits per heavy atom. The van der Waals surface area contributed by atoms with E-state index in [1.54, 1.807) is 22.9 Å². The summed E-state index contributed by atoms with van der Waals surface area (Å²) in [6.45, 7) is 3.78. The number of benzene rings is 2. The van der Waals surface area contributed by atoms with Crippen LogP contribution in [0.2, 0.25) is 0 Å². The van der Waals surface area contributed by atoms with Crippen LogP contribution in [0, 0.1) is 0 Å². The maximum Gasteiger partial charge on any atom is 0.284 e. The largest absolute Gasteiger partial charge is 0.493 e. The minimum Gasteiger partial charge on any atom is -0.493 e. The normalized spacial score (nSPS) is 14.9. The Morgan fingerprint density at radius 3 is 2.56 bits per heavy atom. The van der Waals surface area contributed by atoms with Gasteiger partial charge in [0, 0.05) is 53.2 Å². The number of hydrogen-bond acceptors (Lipinski definition) is 7. The summed E-state index contributed by atoms with van der Waals surface area (Å²) in [5, 5.41) is 20.8. The van der Waals surface area contributed by atoms with E-state index < -0.39 is 5.91 Å². The van der Waals surface area contributed by atoms with E-state index in [2.05, 4.69) is 48.0 Å². The third kappa shape index (κ3) is 5.43. The van der Waals surface area contributed by atoms with Crippen LogP contribution in [0.15, 0.2) is 92.4 Å². The quantitative estimate of drug-likeness (QED) is 0.270. The molecule has 1 saturated heterocycles. The van der Waals surface area contributed by atoms with Crippen LogP contribution in [0.3, 0.4) is 0 Å². The van der Waals surface area contributed by atoms with Gasteiger partial charge in [-0.3, -0.25) is 23.6 Å². The van der Waals surface area contributed by atoms with E-state index in [0.717, 1.165) is 47.1 Å². The van der Waals surface area contributed by atoms with Crippen molar-refractivity contribution in [2.24, 2.45) is 10.2 Å². The number of aromatic hydroxyl groups is 1. The minimum absolute atomic E-state index is 0.0658. The van der Waals surface area contributed by atoms with Crippen molar-refractivity contribution in [3.8, 4) is 17.0 Å². The van der Waals surface area contributed by atoms with Crippen molar-refractivity contribution in [1.29, 1.82) is 0 Å². The molecule has 0 radical (unpaired) electrons. The molecular weight excluding hydrogens is 586 g/mol. The smallest absolute Gasteiger partial charge is 0.284 e. The van der Waals surface area contributed by atoms with Crippen molar-refractivity contribution in [3.05, 3.63) is 87.8 Å². The third-order valence-electron chi connectivity index (χ3n) is 7.40. The van der Waals surface area contributed by atoms with E-state index in [4.69, 9.17) is 0 Å². The number of amides is 1. The Bertz CT molecular complexity index is 1840. The third-order valence-corrected chi connectivity index (χ3v) is 7.89. The molecule has 11 heteroatoms. The summed E-state index contributed by atoms with van der Waals surface area (Å²) in [7, 11) is 2.10. The van der Waals surface area contributed by atoms with E-state index in [0.29, 0.717) is 23.3 Å². The number of halogens is 1. The van der Waals surface area contributed by atoms with Crippen LogP contribution in [0.4, 0.5) is 5.69 Å². The predicted molar refractivity (Wildman–Crippen MR) is 161 cm³/mol. The van der Waals surface area contributed by atoms with Gasteiger partial charge in [0.15, 0.2) is 5.69 Å². The lowest BCUT2D eigenvalue weighted by atomic mass is 10.1. The molecule has 41 heavy (non-hydrogen) atoms. The van der Waals surface area contributed by atoms with Gasteiger partial charge in [0.1, 0.15) is 12.2 Å². The Labute approximate surface area is 244 Å². The number of likely N-dealkylation sites (N-methyl/N-ethyl adjacent to an activating group) is 1. The van der Waals surface area contributed by atoms with Crippen molar-refractivity contribution in [2.45, 2.75) is 13.2 Å². The lowest BCUT2D eigenvalue weighted by Gasteiger charge is -2.32. The van der Waals surface area contributed by atoms with Gasteiger partial charge in [-0.05, 0) is 49.0 Å². The highest BCUT2D eigenvalue weighted by Gasteiger charge is 2.22. The predicted octanol–water partition coefficient (Wildman–Crippen LogP) is 5.00. The Hall–Kier alpha value is -4.19. The summed E-state index contributed by atoms with van der Waals surface area (Å²) in [5.74, 6) is -0.706. The zero-order valence-corrected chi connectivity index (χ0v) is 24.0. The van der Waals surface area contributed by atoms with Gasteiger partial charge in [0.2, 0.25) is 5.88 Å². The zero-order chi connectivity index (χ0) is 28.5. The topological polar surface area (TPSA) is 108 Å². The van der Waals surface area contributed by atoms with Crippen LogP contribution >= 0.6 is 15.9 Å². The van der Waals surface area contributed by atoms with Crippen LogP contribution in [-0.2, 0) is 18.0 Å². The maximum atomic E-state index is 13.5. The number of nitrogens with zero attached hydrogens (tertiary/aromatic N) is 7. The summed E-state index contributed by atoms with van der Waals surface area (Å²) < 4.78 is 3.93. The van der Waals surface area contributed by atoms with E-state index in [-0.39, 0.29) is 23.7 Å². The highest BCUT2D eigenvalue weighted by molar-refractivity contribution is 9.10. The van der Waals surface area contributed by atoms with E-state index >= 15 is 0 Å². The average Bonchev–Trinajstić information content (AvgIpc) is 3.24. The molecule has 0 unspecified atom stereocenters. The van der Waals surface area contributed by atoms with Crippen molar-refractivity contribution in [2.75, 3.05) is 33.2 Å². The van der Waals surface area contributed by atoms with Crippen LogP contribution in [0.5, 0.6) is 5.88 Å². The molecule has 1 aliphatic heterocycles. The molecular formula is C30H28BrN7O3. The fraction of sp³-hybridized carbons (Fsp3) is 0.233. The molecule has 0 aliphatic carbocycles. The van der Waals surface area contributed by atoms with Crippen molar-refractivity contribution >= 4 is 49.5 Å². The first kappa shape index (κ1) is 27.0. The minimum atomic E-state index is -0.640. The first-order valence-corrected chi connectivity index (χ1v) is 14.1. The number of piperazine rings is 1. The standard InChI is InChI=1S/C30H28BrN7O3/c1-35-12-14-36(15-13-35)19-38-25-10-9-22(31)17-24(25)27(30(38)41)34-33-26(39)18-37-28-21(8-5-11-32-28)16-23(29(37)40)20-6-3-2-4-7-20/h2-11,16-17,41H,12-15,18-19H2,1H3. The molecule has 6 rings (SSSR count). The van der Waals surface area contributed by atoms with E-state index in [1.807, 2.05) is 54.6 Å². The molecule has 3 aromatic heterocycles. The summed E-state index contributed by atoms with van der Waals surface area (Å²) in [5.41, 5.74) is 2.24. The van der Waals surface area contributed by atoms with Gasteiger partial charge in [-0.15, -0.1) is 10.2 Å². The number of rotatable bonds is 6. The van der Waals surface area contributed by atoms with Crippen LogP contribution in [0.1, 0.15) is 0 Å². The molecule has 1 N–H and O–H groups in total. The number of azo groups is 1. The molecule has 0 atom stereocenters. The van der Waals surface area contributed by atoms with E-state index in [1.165, 1.54) is 4.57 Å². The molecule has 5 aromatic rings. The number of hydrogen-bond donors (Lipinski definition) is 1. The fourth-order valence-corrected chi connectivity index (χ4v) is 5.54. The Kier molecular flexibility index (Phi) is 7.48. The van der Waals surface area contributed by atoms with Gasteiger partial charge in [-0.2, -0.15) is 0 Å². The second kappa shape index (κ2) is 11.4. The summed E-state index contributed by atoms with van der Waals surface area (Å²) in [6.07, 6.45) is 1.58. The summed E-state index contributed by atoms with van der Waals surface area (Å²) in [6, 6.07) is 20.4. The second-order valence-corrected chi connectivity index (χ2v) is 11.1. The maximum absolute atomic E-state index is 13.5. The number of fused-ring (bicyclic) bond motifs is 2. The molecule has 0 spiro atoms.